The monoisotopic (exact) mass is 500 g/mol. The number of amides is 1. The summed E-state index contributed by atoms with van der Waals surface area (Å²) in [4.78, 5) is 37.1. The first-order valence-electron chi connectivity index (χ1n) is 12.7. The van der Waals surface area contributed by atoms with Gasteiger partial charge in [-0.05, 0) is 38.5 Å². The number of rotatable bonds is 6. The number of para-hydroxylation sites is 1. The minimum Gasteiger partial charge on any atom is -0.463 e. The van der Waals surface area contributed by atoms with Crippen molar-refractivity contribution in [2.45, 2.75) is 26.8 Å². The second kappa shape index (κ2) is 10.5. The molecule has 1 fully saturated rings. The van der Waals surface area contributed by atoms with Gasteiger partial charge in [-0.2, -0.15) is 10.1 Å². The van der Waals surface area contributed by atoms with Gasteiger partial charge in [0.25, 0.3) is 0 Å². The van der Waals surface area contributed by atoms with Crippen LogP contribution in [0.25, 0.3) is 0 Å². The van der Waals surface area contributed by atoms with E-state index in [2.05, 4.69) is 27.1 Å². The normalized spacial score (nSPS) is 17.6. The Morgan fingerprint density at radius 1 is 0.973 bits per heavy atom. The van der Waals surface area contributed by atoms with Gasteiger partial charge in [0.1, 0.15) is 18.9 Å². The zero-order valence-electron chi connectivity index (χ0n) is 21.5. The Labute approximate surface area is 216 Å². The zero-order chi connectivity index (χ0) is 25.9. The average molecular weight is 501 g/mol. The highest BCUT2D eigenvalue weighted by atomic mass is 16.5. The molecule has 1 aromatic heterocycles. The van der Waals surface area contributed by atoms with Gasteiger partial charge in [0.15, 0.2) is 0 Å². The summed E-state index contributed by atoms with van der Waals surface area (Å²) in [6.45, 7) is 8.79. The molecule has 0 spiro atoms. The molecule has 192 valence electrons. The van der Waals surface area contributed by atoms with Crippen molar-refractivity contribution in [2.24, 2.45) is 0 Å². The molecule has 3 heterocycles. The number of fused-ring (bicyclic) bond motifs is 1. The third kappa shape index (κ3) is 4.81. The molecule has 0 aliphatic carbocycles. The highest BCUT2D eigenvalue weighted by Crippen LogP contribution is 2.38. The molecule has 9 heteroatoms. The van der Waals surface area contributed by atoms with Crippen molar-refractivity contribution in [3.63, 3.8) is 0 Å². The summed E-state index contributed by atoms with van der Waals surface area (Å²) in [7, 11) is 0. The summed E-state index contributed by atoms with van der Waals surface area (Å²) in [5.41, 5.74) is 4.31. The SMILES string of the molecule is CCOC(=O)C1=C(C)N(CC(=O)N2CCN(c3ccccc3)CC2)c2ncnn2[C@@H]1c1ccc(C)cc1. The third-order valence-corrected chi connectivity index (χ3v) is 7.04. The van der Waals surface area contributed by atoms with Crippen molar-refractivity contribution < 1.29 is 14.3 Å². The smallest absolute Gasteiger partial charge is 0.338 e. The van der Waals surface area contributed by atoms with Gasteiger partial charge >= 0.3 is 5.97 Å². The Hall–Kier alpha value is -4.14. The van der Waals surface area contributed by atoms with Gasteiger partial charge in [-0.15, -0.1) is 0 Å². The first-order valence-corrected chi connectivity index (χ1v) is 12.7. The number of carbonyl (C=O) groups excluding carboxylic acids is 2. The van der Waals surface area contributed by atoms with Crippen molar-refractivity contribution in [1.29, 1.82) is 0 Å². The zero-order valence-corrected chi connectivity index (χ0v) is 21.5. The number of ether oxygens (including phenoxy) is 1. The lowest BCUT2D eigenvalue weighted by Gasteiger charge is -2.39. The number of esters is 1. The first kappa shape index (κ1) is 24.5. The highest BCUT2D eigenvalue weighted by Gasteiger charge is 2.39. The van der Waals surface area contributed by atoms with E-state index in [1.807, 2.05) is 61.2 Å². The molecular formula is C28H32N6O3. The van der Waals surface area contributed by atoms with Gasteiger partial charge in [-0.25, -0.2) is 9.48 Å². The molecule has 2 aromatic carbocycles. The molecule has 0 saturated carbocycles. The molecule has 0 bridgehead atoms. The van der Waals surface area contributed by atoms with Crippen molar-refractivity contribution in [1.82, 2.24) is 19.7 Å². The van der Waals surface area contributed by atoms with Crippen LogP contribution in [0.5, 0.6) is 0 Å². The fourth-order valence-electron chi connectivity index (χ4n) is 5.04. The van der Waals surface area contributed by atoms with E-state index in [0.29, 0.717) is 30.3 Å². The fraction of sp³-hybridized carbons (Fsp3) is 0.357. The molecule has 2 aliphatic rings. The minimum absolute atomic E-state index is 0.0152. The molecule has 1 atom stereocenters. The maximum Gasteiger partial charge on any atom is 0.338 e. The number of hydrogen-bond acceptors (Lipinski definition) is 7. The lowest BCUT2D eigenvalue weighted by Crippen LogP contribution is -2.52. The van der Waals surface area contributed by atoms with Crippen LogP contribution in [-0.2, 0) is 14.3 Å². The Balaban J connectivity index is 1.40. The van der Waals surface area contributed by atoms with Crippen molar-refractivity contribution in [2.75, 3.05) is 49.1 Å². The van der Waals surface area contributed by atoms with Crippen LogP contribution in [-0.4, -0.2) is 70.9 Å². The summed E-state index contributed by atoms with van der Waals surface area (Å²) in [6, 6.07) is 17.8. The molecular weight excluding hydrogens is 468 g/mol. The van der Waals surface area contributed by atoms with Crippen molar-refractivity contribution in [3.8, 4) is 0 Å². The van der Waals surface area contributed by atoms with Gasteiger partial charge in [0, 0.05) is 37.6 Å². The van der Waals surface area contributed by atoms with Gasteiger partial charge < -0.3 is 19.4 Å². The summed E-state index contributed by atoms with van der Waals surface area (Å²) >= 11 is 0. The number of anilines is 2. The number of aryl methyl sites for hydroxylation is 1. The van der Waals surface area contributed by atoms with Crippen LogP contribution in [0.1, 0.15) is 31.0 Å². The standard InChI is InChI=1S/C28H32N6O3/c1-4-37-27(36)25-21(3)33(28-29-19-30-34(28)26(25)22-12-10-20(2)11-13-22)18-24(35)32-16-14-31(15-17-32)23-8-6-5-7-9-23/h5-13,19,26H,4,14-18H2,1-3H3/t26-/m1/s1. The summed E-state index contributed by atoms with van der Waals surface area (Å²) in [5, 5.41) is 4.47. The van der Waals surface area contributed by atoms with Crippen LogP contribution >= 0.6 is 0 Å². The van der Waals surface area contributed by atoms with Crippen LogP contribution in [0.3, 0.4) is 0 Å². The molecule has 37 heavy (non-hydrogen) atoms. The average Bonchev–Trinajstić information content (AvgIpc) is 3.41. The van der Waals surface area contributed by atoms with E-state index in [0.717, 1.165) is 24.2 Å². The number of aromatic nitrogens is 3. The number of piperazine rings is 1. The molecule has 1 amide bonds. The number of nitrogens with zero attached hydrogens (tertiary/aromatic N) is 6. The van der Waals surface area contributed by atoms with Crippen LogP contribution in [0.4, 0.5) is 11.6 Å². The number of allylic oxidation sites excluding steroid dienone is 1. The van der Waals surface area contributed by atoms with E-state index < -0.39 is 12.0 Å². The fourth-order valence-corrected chi connectivity index (χ4v) is 5.04. The number of hydrogen-bond donors (Lipinski definition) is 0. The quantitative estimate of drug-likeness (QED) is 0.481. The molecule has 5 rings (SSSR count). The van der Waals surface area contributed by atoms with Gasteiger partial charge in [0.2, 0.25) is 11.9 Å². The Kier molecular flexibility index (Phi) is 6.94. The predicted molar refractivity (Wildman–Crippen MR) is 141 cm³/mol. The van der Waals surface area contributed by atoms with E-state index in [9.17, 15) is 9.59 Å². The Morgan fingerprint density at radius 3 is 2.35 bits per heavy atom. The van der Waals surface area contributed by atoms with Gasteiger partial charge in [-0.3, -0.25) is 4.79 Å². The third-order valence-electron chi connectivity index (χ3n) is 7.04. The topological polar surface area (TPSA) is 83.8 Å². The Bertz CT molecular complexity index is 1290. The predicted octanol–water partition coefficient (Wildman–Crippen LogP) is 3.18. The molecule has 0 radical (unpaired) electrons. The molecule has 0 unspecified atom stereocenters. The van der Waals surface area contributed by atoms with Crippen molar-refractivity contribution in [3.05, 3.63) is 83.3 Å². The molecule has 3 aromatic rings. The van der Waals surface area contributed by atoms with Crippen LogP contribution in [0.2, 0.25) is 0 Å². The molecule has 2 aliphatic heterocycles. The van der Waals surface area contributed by atoms with E-state index in [4.69, 9.17) is 4.74 Å². The first-order chi connectivity index (χ1) is 18.0. The molecule has 0 N–H and O–H groups in total. The molecule has 9 nitrogen and oxygen atoms in total. The maximum atomic E-state index is 13.4. The number of benzene rings is 2. The summed E-state index contributed by atoms with van der Waals surface area (Å²) in [6.07, 6.45) is 1.47. The van der Waals surface area contributed by atoms with E-state index >= 15 is 0 Å². The van der Waals surface area contributed by atoms with Gasteiger partial charge in [-0.1, -0.05) is 48.0 Å². The van der Waals surface area contributed by atoms with Crippen molar-refractivity contribution >= 4 is 23.5 Å². The molecule has 1 saturated heterocycles. The van der Waals surface area contributed by atoms with Crippen LogP contribution < -0.4 is 9.80 Å². The van der Waals surface area contributed by atoms with E-state index in [1.54, 1.807) is 16.5 Å². The largest absolute Gasteiger partial charge is 0.463 e. The summed E-state index contributed by atoms with van der Waals surface area (Å²) in [5.74, 6) is 0.103. The Morgan fingerprint density at radius 2 is 1.68 bits per heavy atom. The summed E-state index contributed by atoms with van der Waals surface area (Å²) < 4.78 is 7.17. The van der Waals surface area contributed by atoms with E-state index in [-0.39, 0.29) is 19.1 Å². The van der Waals surface area contributed by atoms with Gasteiger partial charge in [0.05, 0.1) is 12.2 Å². The second-order valence-electron chi connectivity index (χ2n) is 9.33. The lowest BCUT2D eigenvalue weighted by atomic mass is 9.94. The minimum atomic E-state index is -0.488. The van der Waals surface area contributed by atoms with E-state index in [1.165, 1.54) is 12.0 Å². The number of carbonyl (C=O) groups is 2. The second-order valence-corrected chi connectivity index (χ2v) is 9.33. The van der Waals surface area contributed by atoms with Crippen LogP contribution in [0, 0.1) is 6.92 Å². The maximum absolute atomic E-state index is 13.4. The highest BCUT2D eigenvalue weighted by molar-refractivity contribution is 5.93. The van der Waals surface area contributed by atoms with Crippen LogP contribution in [0.15, 0.2) is 72.2 Å². The lowest BCUT2D eigenvalue weighted by molar-refractivity contribution is -0.139.